The summed E-state index contributed by atoms with van der Waals surface area (Å²) < 4.78 is 5.17. The molecule has 2 aliphatic rings. The number of anilines is 1. The van der Waals surface area contributed by atoms with Crippen molar-refractivity contribution in [1.29, 1.82) is 0 Å². The Morgan fingerprint density at radius 3 is 2.46 bits per heavy atom. The van der Waals surface area contributed by atoms with Crippen LogP contribution in [0.15, 0.2) is 24.3 Å². The van der Waals surface area contributed by atoms with Crippen LogP contribution in [0.3, 0.4) is 0 Å². The van der Waals surface area contributed by atoms with Gasteiger partial charge in [0, 0.05) is 31.9 Å². The first-order valence-corrected chi connectivity index (χ1v) is 9.07. The molecule has 0 aliphatic carbocycles. The van der Waals surface area contributed by atoms with Crippen molar-refractivity contribution in [2.75, 3.05) is 38.6 Å². The van der Waals surface area contributed by atoms with Gasteiger partial charge in [-0.1, -0.05) is 0 Å². The largest absolute Gasteiger partial charge is 0.497 e. The van der Waals surface area contributed by atoms with Crippen LogP contribution in [-0.4, -0.2) is 54.1 Å². The molecule has 5 nitrogen and oxygen atoms in total. The van der Waals surface area contributed by atoms with E-state index in [0.29, 0.717) is 11.0 Å². The Kier molecular flexibility index (Phi) is 5.56. The lowest BCUT2D eigenvalue weighted by atomic mass is 9.97. The van der Waals surface area contributed by atoms with E-state index < -0.39 is 0 Å². The van der Waals surface area contributed by atoms with E-state index in [1.54, 1.807) is 7.11 Å². The maximum Gasteiger partial charge on any atom is 0.227 e. The van der Waals surface area contributed by atoms with Crippen LogP contribution < -0.4 is 10.1 Å². The summed E-state index contributed by atoms with van der Waals surface area (Å²) in [5.74, 6) is 1.21. The smallest absolute Gasteiger partial charge is 0.227 e. The van der Waals surface area contributed by atoms with E-state index in [-0.39, 0.29) is 5.92 Å². The highest BCUT2D eigenvalue weighted by Crippen LogP contribution is 2.22. The van der Waals surface area contributed by atoms with Gasteiger partial charge >= 0.3 is 0 Å². The number of nitrogens with one attached hydrogen (secondary N) is 1. The maximum atomic E-state index is 12.6. The van der Waals surface area contributed by atoms with Crippen molar-refractivity contribution in [3.63, 3.8) is 0 Å². The van der Waals surface area contributed by atoms with E-state index in [1.165, 1.54) is 0 Å². The van der Waals surface area contributed by atoms with E-state index >= 15 is 0 Å². The van der Waals surface area contributed by atoms with Crippen molar-refractivity contribution in [2.45, 2.75) is 25.7 Å². The summed E-state index contributed by atoms with van der Waals surface area (Å²) >= 11 is 5.55. The summed E-state index contributed by atoms with van der Waals surface area (Å²) in [7, 11) is 1.65. The van der Waals surface area contributed by atoms with Gasteiger partial charge in [-0.25, -0.2) is 0 Å². The minimum Gasteiger partial charge on any atom is -0.497 e. The molecule has 0 unspecified atom stereocenters. The van der Waals surface area contributed by atoms with Crippen LogP contribution in [0.5, 0.6) is 5.75 Å². The van der Waals surface area contributed by atoms with Gasteiger partial charge in [0.15, 0.2) is 5.11 Å². The normalized spacial score (nSPS) is 20.8. The average Bonchev–Trinajstić information content (AvgIpc) is 3.16. The molecule has 2 saturated heterocycles. The summed E-state index contributed by atoms with van der Waals surface area (Å²) in [4.78, 5) is 16.8. The van der Waals surface area contributed by atoms with Crippen molar-refractivity contribution < 1.29 is 9.53 Å². The number of carbonyl (C=O) groups is 1. The van der Waals surface area contributed by atoms with Crippen LogP contribution in [0, 0.1) is 5.92 Å². The van der Waals surface area contributed by atoms with Crippen molar-refractivity contribution in [3.05, 3.63) is 24.3 Å². The van der Waals surface area contributed by atoms with E-state index in [4.69, 9.17) is 17.0 Å². The highest BCUT2D eigenvalue weighted by Gasteiger charge is 2.31. The molecule has 0 spiro atoms. The van der Waals surface area contributed by atoms with Crippen LogP contribution in [0.1, 0.15) is 25.7 Å². The number of amides is 1. The number of methoxy groups -OCH3 is 1. The SMILES string of the molecule is COc1ccc(NC(=S)N2CCC[C@@H](C(=O)N3CCCC3)C2)cc1. The molecule has 0 saturated carbocycles. The number of hydrogen-bond donors (Lipinski definition) is 1. The van der Waals surface area contributed by atoms with Crippen LogP contribution in [0.25, 0.3) is 0 Å². The van der Waals surface area contributed by atoms with Gasteiger partial charge in [-0.05, 0) is 62.2 Å². The second-order valence-electron chi connectivity index (χ2n) is 6.48. The van der Waals surface area contributed by atoms with Gasteiger partial charge in [0.05, 0.1) is 13.0 Å². The number of benzene rings is 1. The van der Waals surface area contributed by atoms with Crippen LogP contribution in [-0.2, 0) is 4.79 Å². The zero-order chi connectivity index (χ0) is 16.9. The number of nitrogens with zero attached hydrogens (tertiary/aromatic N) is 2. The molecule has 1 N–H and O–H groups in total. The number of carbonyl (C=O) groups excluding carboxylic acids is 1. The molecule has 6 heteroatoms. The Bertz CT molecular complexity index is 584. The van der Waals surface area contributed by atoms with E-state index in [2.05, 4.69) is 10.2 Å². The number of piperidine rings is 1. The molecule has 0 aromatic heterocycles. The van der Waals surface area contributed by atoms with Crippen LogP contribution in [0.4, 0.5) is 5.69 Å². The topological polar surface area (TPSA) is 44.8 Å². The van der Waals surface area contributed by atoms with Gasteiger partial charge in [-0.3, -0.25) is 4.79 Å². The lowest BCUT2D eigenvalue weighted by Crippen LogP contribution is -2.47. The Hall–Kier alpha value is -1.82. The first kappa shape index (κ1) is 17.0. The fourth-order valence-electron chi connectivity index (χ4n) is 3.44. The number of hydrogen-bond acceptors (Lipinski definition) is 3. The number of rotatable bonds is 3. The molecule has 0 radical (unpaired) electrons. The van der Waals surface area contributed by atoms with Crippen LogP contribution in [0.2, 0.25) is 0 Å². The van der Waals surface area contributed by atoms with Crippen molar-refractivity contribution in [1.82, 2.24) is 9.80 Å². The maximum absolute atomic E-state index is 12.6. The summed E-state index contributed by atoms with van der Waals surface area (Å²) in [6.45, 7) is 3.47. The summed E-state index contributed by atoms with van der Waals surface area (Å²) in [5, 5.41) is 3.96. The van der Waals surface area contributed by atoms with Crippen LogP contribution >= 0.6 is 12.2 Å². The zero-order valence-electron chi connectivity index (χ0n) is 14.2. The summed E-state index contributed by atoms with van der Waals surface area (Å²) in [6, 6.07) is 7.70. The Labute approximate surface area is 149 Å². The fraction of sp³-hybridized carbons (Fsp3) is 0.556. The number of ether oxygens (including phenoxy) is 1. The molecule has 2 heterocycles. The fourth-order valence-corrected chi connectivity index (χ4v) is 3.72. The second-order valence-corrected chi connectivity index (χ2v) is 6.86. The molecular formula is C18H25N3O2S. The van der Waals surface area contributed by atoms with Crippen molar-refractivity contribution in [3.8, 4) is 5.75 Å². The first-order chi connectivity index (χ1) is 11.7. The minimum absolute atomic E-state index is 0.0764. The monoisotopic (exact) mass is 347 g/mol. The predicted molar refractivity (Wildman–Crippen MR) is 99.3 cm³/mol. The lowest BCUT2D eigenvalue weighted by Gasteiger charge is -2.35. The third-order valence-corrected chi connectivity index (χ3v) is 5.18. The van der Waals surface area contributed by atoms with E-state index in [9.17, 15) is 4.79 Å². The predicted octanol–water partition coefficient (Wildman–Crippen LogP) is 2.73. The Balaban J connectivity index is 1.56. The average molecular weight is 347 g/mol. The Morgan fingerprint density at radius 2 is 1.79 bits per heavy atom. The standard InChI is InChI=1S/C18H25N3O2S/c1-23-16-8-6-15(7-9-16)19-18(24)21-12-4-5-14(13-21)17(22)20-10-2-3-11-20/h6-9,14H,2-5,10-13H2,1H3,(H,19,24)/t14-/m1/s1. The van der Waals surface area contributed by atoms with Gasteiger partial charge in [-0.15, -0.1) is 0 Å². The molecule has 0 bridgehead atoms. The molecule has 1 aromatic carbocycles. The van der Waals surface area contributed by atoms with E-state index in [0.717, 1.165) is 63.3 Å². The van der Waals surface area contributed by atoms with Gasteiger partial charge in [0.1, 0.15) is 5.75 Å². The highest BCUT2D eigenvalue weighted by molar-refractivity contribution is 7.80. The number of thiocarbonyl (C=S) groups is 1. The molecule has 3 rings (SSSR count). The molecule has 130 valence electrons. The second kappa shape index (κ2) is 7.83. The lowest BCUT2D eigenvalue weighted by molar-refractivity contribution is -0.135. The third kappa shape index (κ3) is 3.98. The quantitative estimate of drug-likeness (QED) is 0.852. The molecular weight excluding hydrogens is 322 g/mol. The summed E-state index contributed by atoms with van der Waals surface area (Å²) in [5.41, 5.74) is 0.939. The van der Waals surface area contributed by atoms with Crippen molar-refractivity contribution in [2.24, 2.45) is 5.92 Å². The van der Waals surface area contributed by atoms with Gasteiger partial charge in [0.25, 0.3) is 0 Å². The molecule has 1 amide bonds. The van der Waals surface area contributed by atoms with Crippen molar-refractivity contribution >= 4 is 28.9 Å². The van der Waals surface area contributed by atoms with Gasteiger partial charge in [0.2, 0.25) is 5.91 Å². The molecule has 24 heavy (non-hydrogen) atoms. The van der Waals surface area contributed by atoms with E-state index in [1.807, 2.05) is 29.2 Å². The molecule has 1 atom stereocenters. The summed E-state index contributed by atoms with van der Waals surface area (Å²) in [6.07, 6.45) is 4.25. The minimum atomic E-state index is 0.0764. The Morgan fingerprint density at radius 1 is 1.12 bits per heavy atom. The van der Waals surface area contributed by atoms with Gasteiger partial charge in [-0.2, -0.15) is 0 Å². The zero-order valence-corrected chi connectivity index (χ0v) is 15.0. The molecule has 1 aromatic rings. The molecule has 2 fully saturated rings. The first-order valence-electron chi connectivity index (χ1n) is 8.66. The van der Waals surface area contributed by atoms with Gasteiger partial charge < -0.3 is 19.9 Å². The highest BCUT2D eigenvalue weighted by atomic mass is 32.1. The third-order valence-electron chi connectivity index (χ3n) is 4.82. The molecule has 2 aliphatic heterocycles. The number of likely N-dealkylation sites (tertiary alicyclic amines) is 2.